The number of fused-ring (bicyclic) bond motifs is 1. The molecular weight excluding hydrogens is 480 g/mol. The first-order valence-corrected chi connectivity index (χ1v) is 10.9. The Hall–Kier alpha value is -2.91. The molecule has 1 heterocycles. The molecule has 1 aliphatic heterocycles. The molecule has 9 heteroatoms. The van der Waals surface area contributed by atoms with Gasteiger partial charge in [0, 0.05) is 21.8 Å². The highest BCUT2D eigenvalue weighted by Gasteiger charge is 2.59. The summed E-state index contributed by atoms with van der Waals surface area (Å²) in [7, 11) is 1.24. The number of nitrogens with one attached hydrogen (secondary N) is 1. The molecule has 2 aromatic carbocycles. The number of anilines is 2. The van der Waals surface area contributed by atoms with Gasteiger partial charge in [0.05, 0.1) is 25.0 Å². The fraction of sp³-hybridized carbons (Fsp3) is 0.348. The molecule has 2 atom stereocenters. The van der Waals surface area contributed by atoms with Gasteiger partial charge in [0.1, 0.15) is 0 Å². The molecule has 0 aromatic heterocycles. The minimum atomic E-state index is -1.91. The van der Waals surface area contributed by atoms with E-state index in [0.717, 1.165) is 0 Å². The molecular formula is C23H25BrN2O6. The Morgan fingerprint density at radius 2 is 1.91 bits per heavy atom. The lowest BCUT2D eigenvalue weighted by atomic mass is 9.84. The second kappa shape index (κ2) is 9.30. The van der Waals surface area contributed by atoms with Gasteiger partial charge in [-0.15, -0.1) is 0 Å². The van der Waals surface area contributed by atoms with Gasteiger partial charge in [0.25, 0.3) is 5.91 Å². The van der Waals surface area contributed by atoms with Crippen LogP contribution in [0.25, 0.3) is 0 Å². The summed E-state index contributed by atoms with van der Waals surface area (Å²) in [5, 5.41) is 14.2. The average molecular weight is 505 g/mol. The summed E-state index contributed by atoms with van der Waals surface area (Å²) in [6.07, 6.45) is -1.88. The Balaban J connectivity index is 2.27. The lowest BCUT2D eigenvalue weighted by Crippen LogP contribution is -2.58. The van der Waals surface area contributed by atoms with Crippen molar-refractivity contribution in [1.29, 1.82) is 0 Å². The number of aliphatic hydroxyl groups is 1. The third-order valence-corrected chi connectivity index (χ3v) is 5.79. The lowest BCUT2D eigenvalue weighted by Gasteiger charge is -2.35. The van der Waals surface area contributed by atoms with Gasteiger partial charge >= 0.3 is 11.9 Å². The first-order chi connectivity index (χ1) is 15.2. The molecule has 0 fully saturated rings. The van der Waals surface area contributed by atoms with E-state index in [2.05, 4.69) is 21.2 Å². The highest BCUT2D eigenvalue weighted by molar-refractivity contribution is 9.10. The summed E-state index contributed by atoms with van der Waals surface area (Å²) in [6.45, 7) is 5.31. The molecule has 3 rings (SSSR count). The Morgan fingerprint density at radius 1 is 1.22 bits per heavy atom. The van der Waals surface area contributed by atoms with Crippen molar-refractivity contribution in [3.63, 3.8) is 0 Å². The fourth-order valence-corrected chi connectivity index (χ4v) is 4.27. The standard InChI is InChI=1S/C23H25BrN2O6/c1-5-32-21(29)19(27)23(25-17-11-10-14(24)12-15(17)20(28)31-4)16-8-6-7-9-18(16)26(13(2)3)22(23)30/h6-13,19,25,27H,5H2,1-4H3/t19-,23+/m1/s1. The van der Waals surface area contributed by atoms with E-state index in [4.69, 9.17) is 9.47 Å². The second-order valence-electron chi connectivity index (χ2n) is 7.56. The SMILES string of the molecule is CCOC(=O)[C@@H](O)[C@]1(Nc2ccc(Br)cc2C(=O)OC)C(=O)N(C(C)C)c2ccccc21. The summed E-state index contributed by atoms with van der Waals surface area (Å²) in [5.74, 6) is -2.13. The van der Waals surface area contributed by atoms with E-state index < -0.39 is 29.5 Å². The van der Waals surface area contributed by atoms with E-state index in [1.807, 2.05) is 13.8 Å². The summed E-state index contributed by atoms with van der Waals surface area (Å²) in [5.41, 5.74) is -0.607. The van der Waals surface area contributed by atoms with Crippen LogP contribution in [0.2, 0.25) is 0 Å². The van der Waals surface area contributed by atoms with Crippen LogP contribution in [0.3, 0.4) is 0 Å². The van der Waals surface area contributed by atoms with Gasteiger partial charge in [-0.05, 0) is 45.0 Å². The van der Waals surface area contributed by atoms with E-state index in [1.165, 1.54) is 18.1 Å². The van der Waals surface area contributed by atoms with Crippen molar-refractivity contribution >= 4 is 45.2 Å². The number of methoxy groups -OCH3 is 1. The third-order valence-electron chi connectivity index (χ3n) is 5.30. The molecule has 0 saturated heterocycles. The van der Waals surface area contributed by atoms with Crippen molar-refractivity contribution in [1.82, 2.24) is 0 Å². The van der Waals surface area contributed by atoms with Crippen molar-refractivity contribution in [2.75, 3.05) is 23.9 Å². The number of benzene rings is 2. The topological polar surface area (TPSA) is 105 Å². The normalized spacial score (nSPS) is 18.3. The molecule has 2 N–H and O–H groups in total. The minimum Gasteiger partial charge on any atom is -0.465 e. The zero-order valence-electron chi connectivity index (χ0n) is 18.2. The van der Waals surface area contributed by atoms with Crippen molar-refractivity contribution in [3.05, 3.63) is 58.1 Å². The number of hydrogen-bond acceptors (Lipinski definition) is 7. The quantitative estimate of drug-likeness (QED) is 0.557. The Bertz CT molecular complexity index is 1060. The van der Waals surface area contributed by atoms with Crippen LogP contribution in [0.4, 0.5) is 11.4 Å². The number of rotatable bonds is 7. The van der Waals surface area contributed by atoms with Crippen LogP contribution in [-0.4, -0.2) is 48.8 Å². The molecule has 0 aliphatic carbocycles. The van der Waals surface area contributed by atoms with E-state index in [9.17, 15) is 19.5 Å². The van der Waals surface area contributed by atoms with Gasteiger partial charge in [0.15, 0.2) is 11.6 Å². The van der Waals surface area contributed by atoms with E-state index >= 15 is 0 Å². The number of nitrogens with zero attached hydrogens (tertiary/aromatic N) is 1. The Morgan fingerprint density at radius 3 is 2.53 bits per heavy atom. The van der Waals surface area contributed by atoms with Gasteiger partial charge < -0.3 is 24.8 Å². The van der Waals surface area contributed by atoms with Crippen LogP contribution >= 0.6 is 15.9 Å². The van der Waals surface area contributed by atoms with Crippen LogP contribution in [0.5, 0.6) is 0 Å². The van der Waals surface area contributed by atoms with Crippen molar-refractivity contribution < 1.29 is 29.0 Å². The number of esters is 2. The highest BCUT2D eigenvalue weighted by Crippen LogP contribution is 2.46. The maximum Gasteiger partial charge on any atom is 0.340 e. The van der Waals surface area contributed by atoms with Crippen LogP contribution in [0.1, 0.15) is 36.7 Å². The zero-order valence-corrected chi connectivity index (χ0v) is 19.8. The molecule has 2 aromatic rings. The maximum atomic E-state index is 13.9. The number of para-hydroxylation sites is 1. The number of amides is 1. The van der Waals surface area contributed by atoms with Crippen LogP contribution in [0, 0.1) is 0 Å². The maximum absolute atomic E-state index is 13.9. The third kappa shape index (κ3) is 3.86. The first-order valence-electron chi connectivity index (χ1n) is 10.1. The Labute approximate surface area is 194 Å². The molecule has 0 spiro atoms. The van der Waals surface area contributed by atoms with E-state index in [-0.39, 0.29) is 23.9 Å². The summed E-state index contributed by atoms with van der Waals surface area (Å²) in [4.78, 5) is 40.5. The van der Waals surface area contributed by atoms with Crippen molar-refractivity contribution in [2.45, 2.75) is 38.5 Å². The minimum absolute atomic E-state index is 0.0292. The van der Waals surface area contributed by atoms with Gasteiger partial charge in [0.2, 0.25) is 0 Å². The van der Waals surface area contributed by atoms with E-state index in [1.54, 1.807) is 43.3 Å². The fourth-order valence-electron chi connectivity index (χ4n) is 3.91. The molecule has 0 unspecified atom stereocenters. The predicted octanol–water partition coefficient (Wildman–Crippen LogP) is 3.22. The molecule has 0 bridgehead atoms. The molecule has 32 heavy (non-hydrogen) atoms. The average Bonchev–Trinajstić information content (AvgIpc) is 3.02. The number of halogens is 1. The lowest BCUT2D eigenvalue weighted by molar-refractivity contribution is -0.159. The van der Waals surface area contributed by atoms with Crippen LogP contribution in [-0.2, 0) is 24.6 Å². The largest absolute Gasteiger partial charge is 0.465 e. The van der Waals surface area contributed by atoms with Crippen LogP contribution in [0.15, 0.2) is 46.9 Å². The number of aliphatic hydroxyl groups excluding tert-OH is 1. The monoisotopic (exact) mass is 504 g/mol. The van der Waals surface area contributed by atoms with Crippen molar-refractivity contribution in [3.8, 4) is 0 Å². The van der Waals surface area contributed by atoms with Gasteiger partial charge in [-0.2, -0.15) is 0 Å². The number of hydrogen-bond donors (Lipinski definition) is 2. The summed E-state index contributed by atoms with van der Waals surface area (Å²) < 4.78 is 10.6. The first kappa shape index (κ1) is 23.7. The number of carbonyl (C=O) groups is 3. The molecule has 0 saturated carbocycles. The van der Waals surface area contributed by atoms with Crippen molar-refractivity contribution in [2.24, 2.45) is 0 Å². The molecule has 8 nitrogen and oxygen atoms in total. The number of ether oxygens (including phenoxy) is 2. The zero-order chi connectivity index (χ0) is 23.6. The Kier molecular flexibility index (Phi) is 6.90. The number of carbonyl (C=O) groups excluding carboxylic acids is 3. The smallest absolute Gasteiger partial charge is 0.340 e. The van der Waals surface area contributed by atoms with Gasteiger partial charge in [-0.25, -0.2) is 9.59 Å². The molecule has 1 amide bonds. The summed E-state index contributed by atoms with van der Waals surface area (Å²) in [6, 6.07) is 11.4. The molecule has 0 radical (unpaired) electrons. The molecule has 1 aliphatic rings. The molecule has 170 valence electrons. The van der Waals surface area contributed by atoms with Gasteiger partial charge in [-0.3, -0.25) is 4.79 Å². The van der Waals surface area contributed by atoms with Crippen LogP contribution < -0.4 is 10.2 Å². The van der Waals surface area contributed by atoms with Gasteiger partial charge in [-0.1, -0.05) is 34.1 Å². The summed E-state index contributed by atoms with van der Waals surface area (Å²) >= 11 is 3.32. The predicted molar refractivity (Wildman–Crippen MR) is 122 cm³/mol. The highest BCUT2D eigenvalue weighted by atomic mass is 79.9. The van der Waals surface area contributed by atoms with E-state index in [0.29, 0.717) is 15.7 Å². The second-order valence-corrected chi connectivity index (χ2v) is 8.47.